The van der Waals surface area contributed by atoms with Crippen LogP contribution in [0.4, 0.5) is 5.69 Å². The number of esters is 1. The molecule has 3 aromatic carbocycles. The summed E-state index contributed by atoms with van der Waals surface area (Å²) in [5, 5.41) is 14.7. The minimum Gasteiger partial charge on any atom is -0.496 e. The van der Waals surface area contributed by atoms with Crippen LogP contribution in [0.2, 0.25) is 0 Å². The lowest BCUT2D eigenvalue weighted by atomic mass is 9.97. The van der Waals surface area contributed by atoms with Crippen LogP contribution >= 0.6 is 0 Å². The predicted molar refractivity (Wildman–Crippen MR) is 138 cm³/mol. The maximum absolute atomic E-state index is 13.2. The van der Waals surface area contributed by atoms with E-state index in [0.717, 1.165) is 0 Å². The molecule has 0 heterocycles. The topological polar surface area (TPSA) is 135 Å². The van der Waals surface area contributed by atoms with Crippen molar-refractivity contribution in [2.24, 2.45) is 0 Å². The molecule has 0 unspecified atom stereocenters. The SMILES string of the molecule is COC(=O)[C@H](Cc1ccc(-c2c(OC)cccc2OC)c([N+](=O)[O-])c1)NC(=O)c1c(OC)cccc1OC. The second-order valence-corrected chi connectivity index (χ2v) is 7.94. The summed E-state index contributed by atoms with van der Waals surface area (Å²) in [6.45, 7) is 0. The lowest BCUT2D eigenvalue weighted by Gasteiger charge is -2.19. The van der Waals surface area contributed by atoms with Gasteiger partial charge in [-0.2, -0.15) is 0 Å². The van der Waals surface area contributed by atoms with Crippen LogP contribution in [0.5, 0.6) is 23.0 Å². The Balaban J connectivity index is 2.00. The van der Waals surface area contributed by atoms with Gasteiger partial charge in [0.25, 0.3) is 11.6 Å². The van der Waals surface area contributed by atoms with Crippen LogP contribution in [0.1, 0.15) is 15.9 Å². The Labute approximate surface area is 219 Å². The summed E-state index contributed by atoms with van der Waals surface area (Å²) in [7, 11) is 6.91. The molecule has 0 spiro atoms. The normalized spacial score (nSPS) is 11.2. The first kappa shape index (κ1) is 27.8. The first-order chi connectivity index (χ1) is 18.3. The van der Waals surface area contributed by atoms with E-state index in [4.69, 9.17) is 23.7 Å². The molecule has 1 amide bonds. The molecule has 3 rings (SSSR count). The number of nitro groups is 1. The monoisotopic (exact) mass is 524 g/mol. The van der Waals surface area contributed by atoms with Crippen LogP contribution in [-0.2, 0) is 16.0 Å². The summed E-state index contributed by atoms with van der Waals surface area (Å²) in [5.74, 6) is -0.0892. The molecule has 38 heavy (non-hydrogen) atoms. The molecular weight excluding hydrogens is 496 g/mol. The fourth-order valence-corrected chi connectivity index (χ4v) is 4.06. The van der Waals surface area contributed by atoms with Crippen LogP contribution in [0.3, 0.4) is 0 Å². The van der Waals surface area contributed by atoms with Gasteiger partial charge in [-0.1, -0.05) is 18.2 Å². The molecule has 11 nitrogen and oxygen atoms in total. The fraction of sp³-hybridized carbons (Fsp3) is 0.259. The average Bonchev–Trinajstić information content (AvgIpc) is 2.95. The highest BCUT2D eigenvalue weighted by Crippen LogP contribution is 2.43. The van der Waals surface area contributed by atoms with E-state index in [1.165, 1.54) is 41.6 Å². The Morgan fingerprint density at radius 2 is 1.37 bits per heavy atom. The van der Waals surface area contributed by atoms with Gasteiger partial charge in [-0.3, -0.25) is 14.9 Å². The molecule has 3 aromatic rings. The number of rotatable bonds is 11. The number of nitrogens with one attached hydrogen (secondary N) is 1. The van der Waals surface area contributed by atoms with Crippen LogP contribution in [0, 0.1) is 10.1 Å². The average molecular weight is 525 g/mol. The summed E-state index contributed by atoms with van der Waals surface area (Å²) < 4.78 is 26.3. The van der Waals surface area contributed by atoms with Crippen molar-refractivity contribution < 1.29 is 38.2 Å². The van der Waals surface area contributed by atoms with Crippen molar-refractivity contribution in [2.45, 2.75) is 12.5 Å². The number of nitrogens with zero attached hydrogens (tertiary/aromatic N) is 1. The predicted octanol–water partition coefficient (Wildman–Crippen LogP) is 3.81. The molecule has 0 saturated carbocycles. The number of hydrogen-bond acceptors (Lipinski definition) is 9. The quantitative estimate of drug-likeness (QED) is 0.226. The third kappa shape index (κ3) is 5.77. The molecule has 1 N–H and O–H groups in total. The molecule has 1 atom stereocenters. The van der Waals surface area contributed by atoms with Gasteiger partial charge in [0.15, 0.2) is 0 Å². The molecule has 0 aromatic heterocycles. The molecule has 0 aliphatic carbocycles. The maximum Gasteiger partial charge on any atom is 0.328 e. The Morgan fingerprint density at radius 1 is 0.842 bits per heavy atom. The maximum atomic E-state index is 13.2. The van der Waals surface area contributed by atoms with Gasteiger partial charge in [0.1, 0.15) is 34.6 Å². The summed E-state index contributed by atoms with van der Waals surface area (Å²) in [6, 6.07) is 13.2. The van der Waals surface area contributed by atoms with Gasteiger partial charge >= 0.3 is 5.97 Å². The molecule has 0 fully saturated rings. The number of benzene rings is 3. The van der Waals surface area contributed by atoms with E-state index in [0.29, 0.717) is 22.6 Å². The van der Waals surface area contributed by atoms with E-state index in [2.05, 4.69) is 5.32 Å². The van der Waals surface area contributed by atoms with Gasteiger partial charge in [-0.25, -0.2) is 4.79 Å². The third-order valence-corrected chi connectivity index (χ3v) is 5.84. The van der Waals surface area contributed by atoms with E-state index < -0.39 is 22.8 Å². The van der Waals surface area contributed by atoms with Crippen LogP contribution < -0.4 is 24.3 Å². The summed E-state index contributed by atoms with van der Waals surface area (Å²) >= 11 is 0. The van der Waals surface area contributed by atoms with E-state index in [1.807, 2.05) is 0 Å². The smallest absolute Gasteiger partial charge is 0.328 e. The first-order valence-corrected chi connectivity index (χ1v) is 11.4. The van der Waals surface area contributed by atoms with E-state index in [-0.39, 0.29) is 34.7 Å². The summed E-state index contributed by atoms with van der Waals surface area (Å²) in [6.07, 6.45) is -0.0833. The van der Waals surface area contributed by atoms with Crippen molar-refractivity contribution in [3.05, 3.63) is 75.8 Å². The standard InChI is InChI=1S/C27H28N2O9/c1-34-20-8-6-9-21(35-2)24(20)17-13-12-16(15-19(17)29(32)33)14-18(27(31)38-5)28-26(30)25-22(36-3)10-7-11-23(25)37-4/h6-13,15,18H,14H2,1-5H3,(H,28,30)/t18-/m0/s1. The van der Waals surface area contributed by atoms with Crippen LogP contribution in [0.25, 0.3) is 11.1 Å². The fourth-order valence-electron chi connectivity index (χ4n) is 4.06. The van der Waals surface area contributed by atoms with Gasteiger partial charge in [-0.05, 0) is 35.9 Å². The summed E-state index contributed by atoms with van der Waals surface area (Å²) in [5.41, 5.74) is 0.960. The lowest BCUT2D eigenvalue weighted by molar-refractivity contribution is -0.384. The number of methoxy groups -OCH3 is 5. The van der Waals surface area contributed by atoms with Crippen LogP contribution in [0.15, 0.2) is 54.6 Å². The third-order valence-electron chi connectivity index (χ3n) is 5.84. The van der Waals surface area contributed by atoms with Gasteiger partial charge in [0.2, 0.25) is 0 Å². The Hall–Kier alpha value is -4.80. The van der Waals surface area contributed by atoms with E-state index >= 15 is 0 Å². The highest BCUT2D eigenvalue weighted by Gasteiger charge is 2.28. The molecule has 0 radical (unpaired) electrons. The number of carbonyl (C=O) groups is 2. The zero-order valence-corrected chi connectivity index (χ0v) is 21.6. The number of ether oxygens (including phenoxy) is 5. The number of amides is 1. The molecular formula is C27H28N2O9. The lowest BCUT2D eigenvalue weighted by Crippen LogP contribution is -2.43. The zero-order chi connectivity index (χ0) is 27.8. The second kappa shape index (κ2) is 12.4. The highest BCUT2D eigenvalue weighted by atomic mass is 16.6. The minimum atomic E-state index is -1.16. The number of carbonyl (C=O) groups excluding carboxylic acids is 2. The van der Waals surface area contributed by atoms with Crippen molar-refractivity contribution >= 4 is 17.6 Å². The van der Waals surface area contributed by atoms with Crippen molar-refractivity contribution in [3.8, 4) is 34.1 Å². The van der Waals surface area contributed by atoms with Crippen LogP contribution in [-0.4, -0.2) is 58.4 Å². The molecule has 0 aliphatic heterocycles. The minimum absolute atomic E-state index is 0.0833. The van der Waals surface area contributed by atoms with Crippen molar-refractivity contribution in [2.75, 3.05) is 35.5 Å². The van der Waals surface area contributed by atoms with Gasteiger partial charge in [0.05, 0.1) is 51.6 Å². The molecule has 0 aliphatic rings. The van der Waals surface area contributed by atoms with E-state index in [1.54, 1.807) is 48.5 Å². The number of hydrogen-bond donors (Lipinski definition) is 1. The first-order valence-electron chi connectivity index (χ1n) is 11.4. The largest absolute Gasteiger partial charge is 0.496 e. The molecule has 11 heteroatoms. The molecule has 0 bridgehead atoms. The van der Waals surface area contributed by atoms with Gasteiger partial charge in [-0.15, -0.1) is 0 Å². The molecule has 0 saturated heterocycles. The summed E-state index contributed by atoms with van der Waals surface area (Å²) in [4.78, 5) is 37.3. The Bertz CT molecular complexity index is 1300. The number of nitro benzene ring substituents is 1. The van der Waals surface area contributed by atoms with Gasteiger partial charge in [0, 0.05) is 12.5 Å². The van der Waals surface area contributed by atoms with Crippen molar-refractivity contribution in [3.63, 3.8) is 0 Å². The van der Waals surface area contributed by atoms with E-state index in [9.17, 15) is 19.7 Å². The zero-order valence-electron chi connectivity index (χ0n) is 21.6. The Kier molecular flexibility index (Phi) is 9.09. The van der Waals surface area contributed by atoms with Crippen molar-refractivity contribution in [1.82, 2.24) is 5.32 Å². The van der Waals surface area contributed by atoms with Crippen molar-refractivity contribution in [1.29, 1.82) is 0 Å². The van der Waals surface area contributed by atoms with Gasteiger partial charge < -0.3 is 29.0 Å². The highest BCUT2D eigenvalue weighted by molar-refractivity contribution is 6.01. The Morgan fingerprint density at radius 3 is 1.84 bits per heavy atom. The second-order valence-electron chi connectivity index (χ2n) is 7.94. The molecule has 200 valence electrons.